The molecule has 1 amide bonds. The van der Waals surface area contributed by atoms with Gasteiger partial charge in [-0.05, 0) is 36.8 Å². The minimum Gasteiger partial charge on any atom is -0.451 e. The molecule has 0 aliphatic rings. The van der Waals surface area contributed by atoms with Gasteiger partial charge in [-0.25, -0.2) is 0 Å². The molecule has 3 rings (SSSR count). The molecule has 1 unspecified atom stereocenters. The Morgan fingerprint density at radius 3 is 2.43 bits per heavy atom. The highest BCUT2D eigenvalue weighted by Crippen LogP contribution is 2.29. The highest BCUT2D eigenvalue weighted by atomic mass is 35.5. The molecule has 0 saturated heterocycles. The van der Waals surface area contributed by atoms with Crippen LogP contribution in [0.1, 0.15) is 29.1 Å². The molecule has 0 bridgehead atoms. The number of hydrogen-bond acceptors (Lipinski definition) is 2. The van der Waals surface area contributed by atoms with Crippen LogP contribution in [0.2, 0.25) is 5.02 Å². The predicted octanol–water partition coefficient (Wildman–Crippen LogP) is 5.09. The average molecular weight is 326 g/mol. The number of carbonyl (C=O) groups is 1. The molecule has 3 nitrogen and oxygen atoms in total. The van der Waals surface area contributed by atoms with E-state index in [1.165, 1.54) is 0 Å². The number of rotatable bonds is 4. The van der Waals surface area contributed by atoms with Gasteiger partial charge in [0.15, 0.2) is 5.76 Å². The van der Waals surface area contributed by atoms with Gasteiger partial charge < -0.3 is 9.73 Å². The van der Waals surface area contributed by atoms with Crippen LogP contribution < -0.4 is 5.32 Å². The minimum absolute atomic E-state index is 0.0995. The van der Waals surface area contributed by atoms with Gasteiger partial charge in [-0.3, -0.25) is 4.79 Å². The summed E-state index contributed by atoms with van der Waals surface area (Å²) in [6.45, 7) is 1.94. The van der Waals surface area contributed by atoms with Gasteiger partial charge in [0.25, 0.3) is 5.91 Å². The largest absolute Gasteiger partial charge is 0.451 e. The van der Waals surface area contributed by atoms with Crippen LogP contribution in [0, 0.1) is 0 Å². The van der Waals surface area contributed by atoms with Gasteiger partial charge in [-0.1, -0.05) is 54.1 Å². The zero-order valence-corrected chi connectivity index (χ0v) is 13.4. The van der Waals surface area contributed by atoms with E-state index in [1.807, 2.05) is 55.5 Å². The maximum Gasteiger partial charge on any atom is 0.287 e. The Bertz CT molecular complexity index is 811. The summed E-state index contributed by atoms with van der Waals surface area (Å²) in [5.74, 6) is 0.593. The number of benzene rings is 2. The van der Waals surface area contributed by atoms with Crippen molar-refractivity contribution < 1.29 is 9.21 Å². The Labute approximate surface area is 139 Å². The number of hydrogen-bond donors (Lipinski definition) is 1. The lowest BCUT2D eigenvalue weighted by Gasteiger charge is -2.13. The van der Waals surface area contributed by atoms with Crippen molar-refractivity contribution in [1.29, 1.82) is 0 Å². The van der Waals surface area contributed by atoms with Crippen LogP contribution in [0.4, 0.5) is 0 Å². The molecule has 2 aromatic carbocycles. The van der Waals surface area contributed by atoms with Crippen LogP contribution in [0.15, 0.2) is 71.1 Å². The van der Waals surface area contributed by atoms with Gasteiger partial charge in [-0.15, -0.1) is 0 Å². The van der Waals surface area contributed by atoms with Gasteiger partial charge in [0.05, 0.1) is 11.1 Å². The third-order valence-corrected chi connectivity index (χ3v) is 3.95. The van der Waals surface area contributed by atoms with Gasteiger partial charge in [0, 0.05) is 5.56 Å². The maximum atomic E-state index is 12.3. The van der Waals surface area contributed by atoms with E-state index in [9.17, 15) is 4.79 Å². The summed E-state index contributed by atoms with van der Waals surface area (Å²) in [6, 6.07) is 20.5. The number of halogens is 1. The van der Waals surface area contributed by atoms with Crippen molar-refractivity contribution >= 4 is 17.5 Å². The molecule has 0 spiro atoms. The molecule has 0 aliphatic carbocycles. The van der Waals surface area contributed by atoms with Gasteiger partial charge in [0.2, 0.25) is 0 Å². The first-order valence-corrected chi connectivity index (χ1v) is 7.73. The van der Waals surface area contributed by atoms with Crippen molar-refractivity contribution in [1.82, 2.24) is 5.32 Å². The number of amides is 1. The molecule has 4 heteroatoms. The molecule has 0 radical (unpaired) electrons. The first-order chi connectivity index (χ1) is 11.1. The summed E-state index contributed by atoms with van der Waals surface area (Å²) in [7, 11) is 0. The van der Waals surface area contributed by atoms with Crippen molar-refractivity contribution in [2.75, 3.05) is 0 Å². The predicted molar refractivity (Wildman–Crippen MR) is 91.5 cm³/mol. The molecule has 116 valence electrons. The highest BCUT2D eigenvalue weighted by Gasteiger charge is 2.16. The second-order valence-corrected chi connectivity index (χ2v) is 5.66. The smallest absolute Gasteiger partial charge is 0.287 e. The van der Waals surface area contributed by atoms with Crippen molar-refractivity contribution in [2.24, 2.45) is 0 Å². The number of carbonyl (C=O) groups excluding carboxylic acids is 1. The third-order valence-electron chi connectivity index (χ3n) is 3.62. The van der Waals surface area contributed by atoms with Crippen molar-refractivity contribution in [3.8, 4) is 11.3 Å². The molecule has 1 N–H and O–H groups in total. The van der Waals surface area contributed by atoms with E-state index < -0.39 is 0 Å². The molecule has 1 aromatic heterocycles. The van der Waals surface area contributed by atoms with Gasteiger partial charge >= 0.3 is 0 Å². The first-order valence-electron chi connectivity index (χ1n) is 7.35. The SMILES string of the molecule is CC(NC(=O)c1ccc(-c2ccccc2Cl)o1)c1ccccc1. The minimum atomic E-state index is -0.250. The second kappa shape index (κ2) is 6.71. The van der Waals surface area contributed by atoms with Crippen LogP contribution in [-0.2, 0) is 0 Å². The fraction of sp³-hybridized carbons (Fsp3) is 0.105. The van der Waals surface area contributed by atoms with E-state index in [1.54, 1.807) is 18.2 Å². The topological polar surface area (TPSA) is 42.2 Å². The molecule has 3 aromatic rings. The third kappa shape index (κ3) is 3.46. The Kier molecular flexibility index (Phi) is 4.49. The summed E-state index contributed by atoms with van der Waals surface area (Å²) in [5.41, 5.74) is 1.81. The zero-order chi connectivity index (χ0) is 16.2. The van der Waals surface area contributed by atoms with Crippen LogP contribution in [0.3, 0.4) is 0 Å². The summed E-state index contributed by atoms with van der Waals surface area (Å²) in [6.07, 6.45) is 0. The lowest BCUT2D eigenvalue weighted by atomic mass is 10.1. The molecule has 0 fully saturated rings. The molecule has 1 atom stereocenters. The molecular formula is C19H16ClNO2. The summed E-state index contributed by atoms with van der Waals surface area (Å²) in [5, 5.41) is 3.52. The summed E-state index contributed by atoms with van der Waals surface area (Å²) >= 11 is 6.15. The molecule has 0 saturated carbocycles. The van der Waals surface area contributed by atoms with Crippen molar-refractivity contribution in [3.63, 3.8) is 0 Å². The maximum absolute atomic E-state index is 12.3. The highest BCUT2D eigenvalue weighted by molar-refractivity contribution is 6.33. The Hall–Kier alpha value is -2.52. The Balaban J connectivity index is 1.75. The standard InChI is InChI=1S/C19H16ClNO2/c1-13(14-7-3-2-4-8-14)21-19(22)18-12-11-17(23-18)15-9-5-6-10-16(15)20/h2-13H,1H3,(H,21,22). The fourth-order valence-electron chi connectivity index (χ4n) is 2.36. The van der Waals surface area contributed by atoms with E-state index in [0.717, 1.165) is 11.1 Å². The van der Waals surface area contributed by atoms with Crippen LogP contribution in [-0.4, -0.2) is 5.91 Å². The van der Waals surface area contributed by atoms with Crippen LogP contribution in [0.5, 0.6) is 0 Å². The number of furan rings is 1. The first kappa shape index (κ1) is 15.4. The Morgan fingerprint density at radius 1 is 1.00 bits per heavy atom. The van der Waals surface area contributed by atoms with E-state index in [-0.39, 0.29) is 17.7 Å². The molecule has 23 heavy (non-hydrogen) atoms. The monoisotopic (exact) mass is 325 g/mol. The van der Waals surface area contributed by atoms with E-state index in [0.29, 0.717) is 10.8 Å². The fourth-order valence-corrected chi connectivity index (χ4v) is 2.59. The molecule has 0 aliphatic heterocycles. The van der Waals surface area contributed by atoms with E-state index in [2.05, 4.69) is 5.32 Å². The Morgan fingerprint density at radius 2 is 1.70 bits per heavy atom. The molecular weight excluding hydrogens is 310 g/mol. The van der Waals surface area contributed by atoms with Crippen LogP contribution >= 0.6 is 11.6 Å². The zero-order valence-electron chi connectivity index (χ0n) is 12.6. The van der Waals surface area contributed by atoms with Crippen molar-refractivity contribution in [3.05, 3.63) is 83.1 Å². The van der Waals surface area contributed by atoms with Gasteiger partial charge in [0.1, 0.15) is 5.76 Å². The van der Waals surface area contributed by atoms with Crippen molar-refractivity contribution in [2.45, 2.75) is 13.0 Å². The second-order valence-electron chi connectivity index (χ2n) is 5.25. The van der Waals surface area contributed by atoms with E-state index >= 15 is 0 Å². The lowest BCUT2D eigenvalue weighted by molar-refractivity contribution is 0.0912. The molecule has 1 heterocycles. The average Bonchev–Trinajstić information content (AvgIpc) is 3.06. The van der Waals surface area contributed by atoms with Gasteiger partial charge in [-0.2, -0.15) is 0 Å². The summed E-state index contributed by atoms with van der Waals surface area (Å²) < 4.78 is 5.65. The lowest BCUT2D eigenvalue weighted by Crippen LogP contribution is -2.26. The quantitative estimate of drug-likeness (QED) is 0.726. The summed E-state index contributed by atoms with van der Waals surface area (Å²) in [4.78, 5) is 12.3. The number of nitrogens with one attached hydrogen (secondary N) is 1. The normalized spacial score (nSPS) is 11.9. The van der Waals surface area contributed by atoms with Crippen LogP contribution in [0.25, 0.3) is 11.3 Å². The van der Waals surface area contributed by atoms with E-state index in [4.69, 9.17) is 16.0 Å².